The second kappa shape index (κ2) is 7.96. The molecular weight excluding hydrogens is 284 g/mol. The van der Waals surface area contributed by atoms with Gasteiger partial charge in [-0.2, -0.15) is 0 Å². The molecule has 0 atom stereocenters. The van der Waals surface area contributed by atoms with Crippen LogP contribution in [0.25, 0.3) is 0 Å². The van der Waals surface area contributed by atoms with E-state index < -0.39 is 0 Å². The van der Waals surface area contributed by atoms with Crippen LogP contribution >= 0.6 is 0 Å². The van der Waals surface area contributed by atoms with E-state index in [9.17, 15) is 4.79 Å². The van der Waals surface area contributed by atoms with Crippen molar-refractivity contribution in [2.45, 2.75) is 58.8 Å². The highest BCUT2D eigenvalue weighted by molar-refractivity contribution is 5.76. The van der Waals surface area contributed by atoms with Crippen molar-refractivity contribution >= 4 is 5.91 Å². The van der Waals surface area contributed by atoms with Crippen LogP contribution in [-0.2, 0) is 23.1 Å². The Morgan fingerprint density at radius 1 is 1.17 bits per heavy atom. The number of hydrogen-bond acceptors (Lipinski definition) is 2. The van der Waals surface area contributed by atoms with Gasteiger partial charge in [-0.1, -0.05) is 45.9 Å². The Hall–Kier alpha value is -1.35. The molecule has 3 heteroatoms. The third kappa shape index (κ3) is 5.07. The average molecular weight is 316 g/mol. The van der Waals surface area contributed by atoms with E-state index in [0.29, 0.717) is 12.3 Å². The third-order valence-electron chi connectivity index (χ3n) is 4.76. The average Bonchev–Trinajstić information content (AvgIpc) is 2.54. The first-order valence-corrected chi connectivity index (χ1v) is 9.02. The van der Waals surface area contributed by atoms with Crippen molar-refractivity contribution in [2.24, 2.45) is 0 Å². The van der Waals surface area contributed by atoms with Gasteiger partial charge in [0, 0.05) is 32.6 Å². The van der Waals surface area contributed by atoms with Crippen LogP contribution < -0.4 is 5.32 Å². The van der Waals surface area contributed by atoms with E-state index in [0.717, 1.165) is 45.4 Å². The zero-order valence-corrected chi connectivity index (χ0v) is 15.2. The monoisotopic (exact) mass is 316 g/mol. The zero-order chi connectivity index (χ0) is 16.9. The Labute approximate surface area is 141 Å². The van der Waals surface area contributed by atoms with Gasteiger partial charge in [0.2, 0.25) is 5.91 Å². The lowest BCUT2D eigenvalue weighted by atomic mass is 9.84. The first-order valence-electron chi connectivity index (χ1n) is 9.02. The quantitative estimate of drug-likeness (QED) is 0.904. The number of rotatable bonds is 5. The standard InChI is InChI=1S/C20H32N2O/c1-5-16-9-10-18(20(2,3)4)15-17(16)7-6-8-19(23)22-13-11-21-12-14-22/h9-10,15,21H,5-8,11-14H2,1-4H3. The fourth-order valence-corrected chi connectivity index (χ4v) is 3.17. The second-order valence-electron chi connectivity index (χ2n) is 7.57. The van der Waals surface area contributed by atoms with E-state index in [1.165, 1.54) is 16.7 Å². The second-order valence-corrected chi connectivity index (χ2v) is 7.57. The molecule has 23 heavy (non-hydrogen) atoms. The van der Waals surface area contributed by atoms with Crippen molar-refractivity contribution < 1.29 is 4.79 Å². The van der Waals surface area contributed by atoms with E-state index in [-0.39, 0.29) is 5.41 Å². The molecule has 1 saturated heterocycles. The number of carbonyl (C=O) groups excluding carboxylic acids is 1. The van der Waals surface area contributed by atoms with Gasteiger partial charge in [-0.25, -0.2) is 0 Å². The number of aryl methyl sites for hydroxylation is 2. The Morgan fingerprint density at radius 2 is 1.87 bits per heavy atom. The molecule has 0 aromatic heterocycles. The minimum atomic E-state index is 0.178. The summed E-state index contributed by atoms with van der Waals surface area (Å²) in [5, 5.41) is 3.29. The van der Waals surface area contributed by atoms with E-state index in [1.54, 1.807) is 0 Å². The summed E-state index contributed by atoms with van der Waals surface area (Å²) < 4.78 is 0. The molecule has 1 amide bonds. The van der Waals surface area contributed by atoms with Crippen molar-refractivity contribution in [3.8, 4) is 0 Å². The van der Waals surface area contributed by atoms with Gasteiger partial charge in [0.05, 0.1) is 0 Å². The van der Waals surface area contributed by atoms with Gasteiger partial charge in [0.15, 0.2) is 0 Å². The molecule has 0 bridgehead atoms. The molecule has 1 aliphatic rings. The van der Waals surface area contributed by atoms with Crippen molar-refractivity contribution in [3.05, 3.63) is 34.9 Å². The number of hydrogen-bond donors (Lipinski definition) is 1. The molecule has 0 unspecified atom stereocenters. The molecule has 1 heterocycles. The molecular formula is C20H32N2O. The maximum Gasteiger partial charge on any atom is 0.222 e. The van der Waals surface area contributed by atoms with Crippen LogP contribution in [0.1, 0.15) is 57.2 Å². The number of amides is 1. The summed E-state index contributed by atoms with van der Waals surface area (Å²) in [4.78, 5) is 14.3. The molecule has 0 radical (unpaired) electrons. The minimum absolute atomic E-state index is 0.178. The molecule has 1 aliphatic heterocycles. The van der Waals surface area contributed by atoms with Gasteiger partial charge in [0.1, 0.15) is 0 Å². The Bertz CT molecular complexity index is 525. The number of nitrogens with zero attached hydrogens (tertiary/aromatic N) is 1. The molecule has 0 aliphatic carbocycles. The maximum absolute atomic E-state index is 12.3. The highest BCUT2D eigenvalue weighted by Gasteiger charge is 2.17. The fraction of sp³-hybridized carbons (Fsp3) is 0.650. The zero-order valence-electron chi connectivity index (χ0n) is 15.2. The summed E-state index contributed by atoms with van der Waals surface area (Å²) >= 11 is 0. The third-order valence-corrected chi connectivity index (χ3v) is 4.76. The van der Waals surface area contributed by atoms with E-state index >= 15 is 0 Å². The lowest BCUT2D eigenvalue weighted by molar-refractivity contribution is -0.131. The summed E-state index contributed by atoms with van der Waals surface area (Å²) in [5.41, 5.74) is 4.41. The van der Waals surface area contributed by atoms with Crippen LogP contribution in [0.5, 0.6) is 0 Å². The number of carbonyl (C=O) groups is 1. The predicted octanol–water partition coefficient (Wildman–Crippen LogP) is 3.30. The fourth-order valence-electron chi connectivity index (χ4n) is 3.17. The van der Waals surface area contributed by atoms with Gasteiger partial charge >= 0.3 is 0 Å². The molecule has 0 saturated carbocycles. The summed E-state index contributed by atoms with van der Waals surface area (Å²) in [7, 11) is 0. The Morgan fingerprint density at radius 3 is 2.48 bits per heavy atom. The lowest BCUT2D eigenvalue weighted by Crippen LogP contribution is -2.46. The molecule has 1 N–H and O–H groups in total. The van der Waals surface area contributed by atoms with E-state index in [4.69, 9.17) is 0 Å². The van der Waals surface area contributed by atoms with Gasteiger partial charge in [0.25, 0.3) is 0 Å². The SMILES string of the molecule is CCc1ccc(C(C)(C)C)cc1CCCC(=O)N1CCNCC1. The molecule has 3 nitrogen and oxygen atoms in total. The normalized spacial score (nSPS) is 15.7. The number of benzene rings is 1. The van der Waals surface area contributed by atoms with Crippen LogP contribution in [0.4, 0.5) is 0 Å². The van der Waals surface area contributed by atoms with Gasteiger partial charge in [-0.3, -0.25) is 4.79 Å². The maximum atomic E-state index is 12.3. The molecule has 1 fully saturated rings. The highest BCUT2D eigenvalue weighted by Crippen LogP contribution is 2.25. The molecule has 0 spiro atoms. The molecule has 1 aromatic carbocycles. The van der Waals surface area contributed by atoms with Gasteiger partial charge < -0.3 is 10.2 Å². The van der Waals surface area contributed by atoms with E-state index in [1.807, 2.05) is 4.90 Å². The first kappa shape index (κ1) is 18.0. The molecule has 128 valence electrons. The first-order chi connectivity index (χ1) is 10.9. The number of nitrogens with one attached hydrogen (secondary N) is 1. The molecule has 1 aromatic rings. The summed E-state index contributed by atoms with van der Waals surface area (Å²) in [6.07, 6.45) is 3.68. The van der Waals surface area contributed by atoms with Gasteiger partial charge in [-0.05, 0) is 41.4 Å². The van der Waals surface area contributed by atoms with Crippen LogP contribution in [0.15, 0.2) is 18.2 Å². The number of piperazine rings is 1. The Kier molecular flexibility index (Phi) is 6.23. The summed E-state index contributed by atoms with van der Waals surface area (Å²) in [6.45, 7) is 12.6. The van der Waals surface area contributed by atoms with Crippen LogP contribution in [0.3, 0.4) is 0 Å². The van der Waals surface area contributed by atoms with Crippen LogP contribution in [0.2, 0.25) is 0 Å². The molecule has 2 rings (SSSR count). The topological polar surface area (TPSA) is 32.3 Å². The van der Waals surface area contributed by atoms with Gasteiger partial charge in [-0.15, -0.1) is 0 Å². The minimum Gasteiger partial charge on any atom is -0.340 e. The van der Waals surface area contributed by atoms with Crippen molar-refractivity contribution in [1.29, 1.82) is 0 Å². The van der Waals surface area contributed by atoms with Crippen molar-refractivity contribution in [3.63, 3.8) is 0 Å². The van der Waals surface area contributed by atoms with Crippen molar-refractivity contribution in [1.82, 2.24) is 10.2 Å². The summed E-state index contributed by atoms with van der Waals surface area (Å²) in [5.74, 6) is 0.316. The van der Waals surface area contributed by atoms with Crippen LogP contribution in [-0.4, -0.2) is 37.0 Å². The Balaban J connectivity index is 1.94. The largest absolute Gasteiger partial charge is 0.340 e. The predicted molar refractivity (Wildman–Crippen MR) is 96.9 cm³/mol. The van der Waals surface area contributed by atoms with E-state index in [2.05, 4.69) is 51.2 Å². The van der Waals surface area contributed by atoms with Crippen molar-refractivity contribution in [2.75, 3.05) is 26.2 Å². The van der Waals surface area contributed by atoms with Crippen LogP contribution in [0, 0.1) is 0 Å². The summed E-state index contributed by atoms with van der Waals surface area (Å²) in [6, 6.07) is 6.89. The highest BCUT2D eigenvalue weighted by atomic mass is 16.2. The lowest BCUT2D eigenvalue weighted by Gasteiger charge is -2.27. The smallest absolute Gasteiger partial charge is 0.222 e.